The first kappa shape index (κ1) is 29.7. The summed E-state index contributed by atoms with van der Waals surface area (Å²) < 4.78 is 67.5. The monoisotopic (exact) mass is 579 g/mol. The summed E-state index contributed by atoms with van der Waals surface area (Å²) in [7, 11) is -4.54. The molecule has 3 rings (SSSR count). The zero-order valence-electron chi connectivity index (χ0n) is 21.0. The van der Waals surface area contributed by atoms with E-state index in [0.717, 1.165) is 29.3 Å². The molecule has 0 saturated carbocycles. The minimum absolute atomic E-state index is 0.125. The number of benzene rings is 3. The molecule has 0 aromatic heterocycles. The zero-order chi connectivity index (χ0) is 29.0. The minimum Gasteiger partial charge on any atom is -0.343 e. The second-order valence-corrected chi connectivity index (χ2v) is 10.7. The number of amides is 2. The van der Waals surface area contributed by atoms with Gasteiger partial charge in [0.25, 0.3) is 15.9 Å². The van der Waals surface area contributed by atoms with Crippen molar-refractivity contribution in [3.05, 3.63) is 101 Å². The van der Waals surface area contributed by atoms with Gasteiger partial charge >= 0.3 is 6.18 Å². The number of anilines is 2. The molecular weight excluding hydrogens is 555 g/mol. The molecule has 206 valence electrons. The number of nitrogens with zero attached hydrogens (tertiary/aromatic N) is 1. The van der Waals surface area contributed by atoms with Crippen molar-refractivity contribution in [2.24, 2.45) is 0 Å². The van der Waals surface area contributed by atoms with Crippen LogP contribution in [0.4, 0.5) is 24.5 Å². The highest BCUT2D eigenvalue weighted by Gasteiger charge is 2.33. The fourth-order valence-electron chi connectivity index (χ4n) is 3.60. The van der Waals surface area contributed by atoms with Crippen LogP contribution in [0.2, 0.25) is 5.02 Å². The van der Waals surface area contributed by atoms with E-state index in [1.807, 2.05) is 19.9 Å². The Morgan fingerprint density at radius 3 is 2.41 bits per heavy atom. The van der Waals surface area contributed by atoms with Crippen molar-refractivity contribution in [2.75, 3.05) is 22.7 Å². The van der Waals surface area contributed by atoms with E-state index in [9.17, 15) is 31.2 Å². The van der Waals surface area contributed by atoms with Crippen LogP contribution in [0, 0.1) is 13.8 Å². The van der Waals surface area contributed by atoms with Crippen LogP contribution >= 0.6 is 11.6 Å². The molecule has 0 saturated heterocycles. The Morgan fingerprint density at radius 1 is 1.05 bits per heavy atom. The number of carbonyl (C=O) groups excluding carboxylic acids is 2. The van der Waals surface area contributed by atoms with Gasteiger partial charge in [0, 0.05) is 11.3 Å². The van der Waals surface area contributed by atoms with Gasteiger partial charge in [-0.2, -0.15) is 13.2 Å². The molecule has 0 bridgehead atoms. The summed E-state index contributed by atoms with van der Waals surface area (Å²) in [6.07, 6.45) is -3.49. The van der Waals surface area contributed by atoms with Crippen LogP contribution in [0.5, 0.6) is 0 Å². The van der Waals surface area contributed by atoms with E-state index >= 15 is 0 Å². The molecule has 7 nitrogen and oxygen atoms in total. The van der Waals surface area contributed by atoms with E-state index in [4.69, 9.17) is 11.6 Å². The number of aryl methyl sites for hydroxylation is 1. The molecule has 0 fully saturated rings. The van der Waals surface area contributed by atoms with Crippen LogP contribution in [-0.4, -0.2) is 33.3 Å². The van der Waals surface area contributed by atoms with Gasteiger partial charge in [0.05, 0.1) is 29.4 Å². The van der Waals surface area contributed by atoms with Gasteiger partial charge in [-0.15, -0.1) is 6.58 Å². The number of rotatable bonds is 9. The van der Waals surface area contributed by atoms with Gasteiger partial charge in [-0.3, -0.25) is 13.9 Å². The molecule has 0 aliphatic rings. The van der Waals surface area contributed by atoms with Crippen molar-refractivity contribution >= 4 is 44.8 Å². The standard InChI is InChI=1S/C27H25ClF3N3O4S/c1-4-13-34(21-9-6-8-20(15-21)27(29,30)31)39(37,38)24-14-19(11-12-22(24)28)26(36)32-16-25(35)33-23-10-5-7-17(2)18(23)3/h4-12,14-15H,1,13,16H2,2-3H3,(H,32,36)(H,33,35). The SMILES string of the molecule is C=CCN(c1cccc(C(F)(F)F)c1)S(=O)(=O)c1cc(C(=O)NCC(=O)Nc2cccc(C)c2C)ccc1Cl. The molecule has 3 aromatic carbocycles. The molecule has 0 spiro atoms. The third kappa shape index (κ3) is 6.98. The third-order valence-corrected chi connectivity index (χ3v) is 8.08. The summed E-state index contributed by atoms with van der Waals surface area (Å²) in [5.41, 5.74) is 1.00. The van der Waals surface area contributed by atoms with Gasteiger partial charge in [0.15, 0.2) is 0 Å². The maximum atomic E-state index is 13.5. The maximum Gasteiger partial charge on any atom is 0.416 e. The van der Waals surface area contributed by atoms with E-state index in [-0.39, 0.29) is 22.8 Å². The Bertz CT molecular complexity index is 1520. The highest BCUT2D eigenvalue weighted by atomic mass is 35.5. The number of hydrogen-bond donors (Lipinski definition) is 2. The van der Waals surface area contributed by atoms with Crippen LogP contribution in [0.3, 0.4) is 0 Å². The summed E-state index contributed by atoms with van der Waals surface area (Å²) in [5.74, 6) is -1.26. The number of carbonyl (C=O) groups is 2. The van der Waals surface area contributed by atoms with Crippen molar-refractivity contribution in [1.82, 2.24) is 5.32 Å². The van der Waals surface area contributed by atoms with Crippen LogP contribution in [0.1, 0.15) is 27.0 Å². The molecule has 12 heteroatoms. The number of hydrogen-bond acceptors (Lipinski definition) is 4. The molecule has 39 heavy (non-hydrogen) atoms. The molecule has 2 amide bonds. The number of halogens is 4. The second kappa shape index (κ2) is 11.9. The normalized spacial score (nSPS) is 11.5. The average molecular weight is 580 g/mol. The van der Waals surface area contributed by atoms with Crippen molar-refractivity contribution < 1.29 is 31.2 Å². The molecule has 3 aromatic rings. The first-order valence-corrected chi connectivity index (χ1v) is 13.3. The summed E-state index contributed by atoms with van der Waals surface area (Å²) in [6, 6.07) is 12.6. The predicted octanol–water partition coefficient (Wildman–Crippen LogP) is 5.73. The van der Waals surface area contributed by atoms with Crippen molar-refractivity contribution in [1.29, 1.82) is 0 Å². The van der Waals surface area contributed by atoms with Crippen molar-refractivity contribution in [3.8, 4) is 0 Å². The lowest BCUT2D eigenvalue weighted by Crippen LogP contribution is -2.34. The Hall–Kier alpha value is -3.83. The summed E-state index contributed by atoms with van der Waals surface area (Å²) in [5, 5.41) is 4.87. The highest BCUT2D eigenvalue weighted by molar-refractivity contribution is 7.93. The quantitative estimate of drug-likeness (QED) is 0.317. The Kier molecular flexibility index (Phi) is 9.08. The molecular formula is C27H25ClF3N3O4S. The Labute approximate surface area is 229 Å². The topological polar surface area (TPSA) is 95.6 Å². The molecule has 0 radical (unpaired) electrons. The number of nitrogens with one attached hydrogen (secondary N) is 2. The van der Waals surface area contributed by atoms with Crippen LogP contribution < -0.4 is 14.9 Å². The highest BCUT2D eigenvalue weighted by Crippen LogP contribution is 2.34. The zero-order valence-corrected chi connectivity index (χ0v) is 22.5. The van der Waals surface area contributed by atoms with Gasteiger partial charge < -0.3 is 10.6 Å². The summed E-state index contributed by atoms with van der Waals surface area (Å²) in [6.45, 7) is 6.46. The molecule has 0 heterocycles. The minimum atomic E-state index is -4.69. The van der Waals surface area contributed by atoms with Crippen molar-refractivity contribution in [2.45, 2.75) is 24.9 Å². The van der Waals surface area contributed by atoms with Gasteiger partial charge in [-0.25, -0.2) is 8.42 Å². The van der Waals surface area contributed by atoms with E-state index in [0.29, 0.717) is 16.1 Å². The first-order valence-electron chi connectivity index (χ1n) is 11.5. The fraction of sp³-hybridized carbons (Fsp3) is 0.185. The van der Waals surface area contributed by atoms with Gasteiger partial charge in [0.1, 0.15) is 4.90 Å². The van der Waals surface area contributed by atoms with Gasteiger partial charge in [0.2, 0.25) is 5.91 Å². The molecule has 0 unspecified atom stereocenters. The lowest BCUT2D eigenvalue weighted by Gasteiger charge is -2.24. The van der Waals surface area contributed by atoms with E-state index in [2.05, 4.69) is 17.2 Å². The lowest BCUT2D eigenvalue weighted by molar-refractivity contribution is -0.137. The van der Waals surface area contributed by atoms with Gasteiger partial charge in [-0.1, -0.05) is 35.9 Å². The van der Waals surface area contributed by atoms with E-state index in [1.165, 1.54) is 24.3 Å². The fourth-order valence-corrected chi connectivity index (χ4v) is 5.53. The molecule has 2 N–H and O–H groups in total. The second-order valence-electron chi connectivity index (χ2n) is 8.50. The number of alkyl halides is 3. The summed E-state index contributed by atoms with van der Waals surface area (Å²) in [4.78, 5) is 24.6. The predicted molar refractivity (Wildman–Crippen MR) is 145 cm³/mol. The summed E-state index contributed by atoms with van der Waals surface area (Å²) >= 11 is 6.16. The van der Waals surface area contributed by atoms with Crippen LogP contribution in [-0.2, 0) is 21.0 Å². The van der Waals surface area contributed by atoms with Crippen LogP contribution in [0.15, 0.2) is 78.2 Å². The lowest BCUT2D eigenvalue weighted by atomic mass is 10.1. The Morgan fingerprint density at radius 2 is 1.74 bits per heavy atom. The Balaban J connectivity index is 1.85. The van der Waals surface area contributed by atoms with Crippen molar-refractivity contribution in [3.63, 3.8) is 0 Å². The van der Waals surface area contributed by atoms with Gasteiger partial charge in [-0.05, 0) is 67.4 Å². The molecule has 0 atom stereocenters. The molecule has 0 aliphatic carbocycles. The molecule has 0 aliphatic heterocycles. The maximum absolute atomic E-state index is 13.5. The van der Waals surface area contributed by atoms with E-state index < -0.39 is 45.0 Å². The smallest absolute Gasteiger partial charge is 0.343 e. The largest absolute Gasteiger partial charge is 0.416 e. The first-order chi connectivity index (χ1) is 18.3. The van der Waals surface area contributed by atoms with E-state index in [1.54, 1.807) is 12.1 Å². The average Bonchev–Trinajstić information content (AvgIpc) is 2.88. The van der Waals surface area contributed by atoms with Crippen LogP contribution in [0.25, 0.3) is 0 Å². The third-order valence-electron chi connectivity index (χ3n) is 5.81. The number of sulfonamides is 1.